The molecule has 84 valence electrons. The van der Waals surface area contributed by atoms with E-state index in [1.54, 1.807) is 0 Å². The Morgan fingerprint density at radius 3 is 2.57 bits per heavy atom. The first-order valence-electron chi connectivity index (χ1n) is 4.18. The topological polar surface area (TPSA) is 52.3 Å². The van der Waals surface area contributed by atoms with Crippen molar-refractivity contribution in [3.63, 3.8) is 0 Å². The van der Waals surface area contributed by atoms with Gasteiger partial charge >= 0.3 is 5.97 Å². The lowest BCUT2D eigenvalue weighted by molar-refractivity contribution is -0.142. The minimum Gasteiger partial charge on any atom is -0.468 e. The normalized spacial score (nSPS) is 24.7. The first-order valence-corrected chi connectivity index (χ1v) is 4.18. The predicted octanol–water partition coefficient (Wildman–Crippen LogP) is 1.34. The van der Waals surface area contributed by atoms with Crippen molar-refractivity contribution < 1.29 is 18.3 Å². The summed E-state index contributed by atoms with van der Waals surface area (Å²) < 4.78 is 29.1. The van der Waals surface area contributed by atoms with E-state index < -0.39 is 23.9 Å². The van der Waals surface area contributed by atoms with Crippen molar-refractivity contribution in [1.29, 1.82) is 0 Å². The molecule has 1 unspecified atom stereocenters. The number of rotatable bonds is 4. The highest BCUT2D eigenvalue weighted by atomic mass is 35.5. The Kier molecular flexibility index (Phi) is 4.74. The zero-order valence-corrected chi connectivity index (χ0v) is 8.65. The molecule has 3 nitrogen and oxygen atoms in total. The van der Waals surface area contributed by atoms with E-state index >= 15 is 0 Å². The molecule has 0 heterocycles. The summed E-state index contributed by atoms with van der Waals surface area (Å²) in [5.41, 5.74) is 5.37. The van der Waals surface area contributed by atoms with Gasteiger partial charge in [0.25, 0.3) is 5.92 Å². The van der Waals surface area contributed by atoms with Crippen molar-refractivity contribution >= 4 is 18.4 Å². The van der Waals surface area contributed by atoms with E-state index in [0.29, 0.717) is 6.42 Å². The number of ether oxygens (including phenoxy) is 1. The van der Waals surface area contributed by atoms with Crippen molar-refractivity contribution in [3.8, 4) is 0 Å². The molecule has 0 bridgehead atoms. The van der Waals surface area contributed by atoms with Crippen molar-refractivity contribution in [2.24, 2.45) is 11.7 Å². The molecule has 0 aromatic carbocycles. The Hall–Kier alpha value is -0.420. The van der Waals surface area contributed by atoms with Crippen molar-refractivity contribution in [2.45, 2.75) is 31.2 Å². The number of hydrogen-bond donors (Lipinski definition) is 1. The largest absolute Gasteiger partial charge is 0.468 e. The molecule has 0 aliphatic heterocycles. The van der Waals surface area contributed by atoms with Crippen LogP contribution in [0.2, 0.25) is 0 Å². The molecule has 1 aliphatic rings. The van der Waals surface area contributed by atoms with Crippen molar-refractivity contribution in [2.75, 3.05) is 7.11 Å². The highest BCUT2D eigenvalue weighted by Gasteiger charge is 2.56. The van der Waals surface area contributed by atoms with Crippen LogP contribution in [0, 0.1) is 5.92 Å². The van der Waals surface area contributed by atoms with E-state index in [4.69, 9.17) is 5.73 Å². The minimum atomic E-state index is -2.52. The fraction of sp³-hybridized carbons (Fsp3) is 0.875. The van der Waals surface area contributed by atoms with Crippen LogP contribution in [0.3, 0.4) is 0 Å². The molecule has 1 aliphatic carbocycles. The molecule has 0 aromatic rings. The second kappa shape index (κ2) is 4.89. The van der Waals surface area contributed by atoms with Gasteiger partial charge in [-0.15, -0.1) is 12.4 Å². The number of carbonyl (C=O) groups excluding carboxylic acids is 1. The molecular weight excluding hydrogens is 216 g/mol. The highest BCUT2D eigenvalue weighted by molar-refractivity contribution is 5.85. The van der Waals surface area contributed by atoms with E-state index in [-0.39, 0.29) is 25.2 Å². The van der Waals surface area contributed by atoms with Gasteiger partial charge in [-0.1, -0.05) is 0 Å². The van der Waals surface area contributed by atoms with Crippen LogP contribution in [-0.2, 0) is 9.53 Å². The van der Waals surface area contributed by atoms with Crippen LogP contribution < -0.4 is 5.73 Å². The smallest absolute Gasteiger partial charge is 0.322 e. The molecule has 1 saturated carbocycles. The molecule has 1 rings (SSSR count). The Labute approximate surface area is 87.4 Å². The Morgan fingerprint density at radius 2 is 2.21 bits per heavy atom. The van der Waals surface area contributed by atoms with Crippen molar-refractivity contribution in [3.05, 3.63) is 0 Å². The Morgan fingerprint density at radius 1 is 1.71 bits per heavy atom. The molecular formula is C8H14ClF2NO2. The van der Waals surface area contributed by atoms with Crippen LogP contribution in [-0.4, -0.2) is 25.0 Å². The lowest BCUT2D eigenvalue weighted by Crippen LogP contribution is -2.31. The van der Waals surface area contributed by atoms with E-state index in [1.165, 1.54) is 7.11 Å². The van der Waals surface area contributed by atoms with Gasteiger partial charge in [-0.25, -0.2) is 8.78 Å². The summed E-state index contributed by atoms with van der Waals surface area (Å²) in [5.74, 6) is -3.64. The highest BCUT2D eigenvalue weighted by Crippen LogP contribution is 2.51. The van der Waals surface area contributed by atoms with Gasteiger partial charge in [0.2, 0.25) is 0 Å². The first-order chi connectivity index (χ1) is 5.97. The van der Waals surface area contributed by atoms with Crippen LogP contribution in [0.4, 0.5) is 8.78 Å². The molecule has 0 amide bonds. The monoisotopic (exact) mass is 229 g/mol. The van der Waals surface area contributed by atoms with E-state index in [2.05, 4.69) is 4.74 Å². The van der Waals surface area contributed by atoms with Crippen molar-refractivity contribution in [1.82, 2.24) is 0 Å². The number of nitrogens with two attached hydrogens (primary N) is 1. The van der Waals surface area contributed by atoms with E-state index in [9.17, 15) is 13.6 Å². The second-order valence-corrected chi connectivity index (χ2v) is 3.37. The van der Waals surface area contributed by atoms with E-state index in [1.807, 2.05) is 0 Å². The first kappa shape index (κ1) is 13.6. The molecule has 14 heavy (non-hydrogen) atoms. The number of halogens is 3. The van der Waals surface area contributed by atoms with Gasteiger partial charge < -0.3 is 10.5 Å². The van der Waals surface area contributed by atoms with Crippen LogP contribution in [0.25, 0.3) is 0 Å². The summed E-state index contributed by atoms with van der Waals surface area (Å²) in [5, 5.41) is 0. The van der Waals surface area contributed by atoms with Gasteiger partial charge in [0.1, 0.15) is 6.04 Å². The summed E-state index contributed by atoms with van der Waals surface area (Å²) >= 11 is 0. The van der Waals surface area contributed by atoms with Gasteiger partial charge in [0, 0.05) is 12.3 Å². The maximum Gasteiger partial charge on any atom is 0.322 e. The number of hydrogen-bond acceptors (Lipinski definition) is 3. The third kappa shape index (κ3) is 3.38. The molecule has 0 saturated heterocycles. The predicted molar refractivity (Wildman–Crippen MR) is 49.5 cm³/mol. The SMILES string of the molecule is COC(=O)[C@@H](N)CCC1CC1(F)F.Cl. The van der Waals surface area contributed by atoms with Gasteiger partial charge in [0.15, 0.2) is 0 Å². The third-order valence-corrected chi connectivity index (χ3v) is 2.29. The van der Waals surface area contributed by atoms with Crippen LogP contribution >= 0.6 is 12.4 Å². The zero-order valence-electron chi connectivity index (χ0n) is 7.83. The second-order valence-electron chi connectivity index (χ2n) is 3.37. The van der Waals surface area contributed by atoms with Crippen LogP contribution in [0.5, 0.6) is 0 Å². The van der Waals surface area contributed by atoms with Gasteiger partial charge in [-0.3, -0.25) is 4.79 Å². The van der Waals surface area contributed by atoms with Crippen LogP contribution in [0.15, 0.2) is 0 Å². The zero-order chi connectivity index (χ0) is 10.1. The van der Waals surface area contributed by atoms with Crippen LogP contribution in [0.1, 0.15) is 19.3 Å². The average Bonchev–Trinajstić information content (AvgIpc) is 2.68. The number of methoxy groups -OCH3 is 1. The molecule has 2 N–H and O–H groups in total. The fourth-order valence-corrected chi connectivity index (χ4v) is 1.23. The van der Waals surface area contributed by atoms with Gasteiger partial charge in [-0.05, 0) is 12.8 Å². The molecule has 2 atom stereocenters. The third-order valence-electron chi connectivity index (χ3n) is 2.29. The van der Waals surface area contributed by atoms with Gasteiger partial charge in [0.05, 0.1) is 7.11 Å². The minimum absolute atomic E-state index is 0. The number of carbonyl (C=O) groups is 1. The number of esters is 1. The lowest BCUT2D eigenvalue weighted by Gasteiger charge is -2.07. The summed E-state index contributed by atoms with van der Waals surface area (Å²) in [6.45, 7) is 0. The molecule has 0 radical (unpaired) electrons. The Balaban J connectivity index is 0.00000169. The fourth-order valence-electron chi connectivity index (χ4n) is 1.23. The molecule has 6 heteroatoms. The summed E-state index contributed by atoms with van der Waals surface area (Å²) in [7, 11) is 1.23. The Bertz CT molecular complexity index is 214. The maximum atomic E-state index is 12.4. The quantitative estimate of drug-likeness (QED) is 0.741. The summed E-state index contributed by atoms with van der Waals surface area (Å²) in [6, 6.07) is -0.763. The number of alkyl halides is 2. The lowest BCUT2D eigenvalue weighted by atomic mass is 10.1. The standard InChI is InChI=1S/C8H13F2NO2.ClH/c1-13-7(12)6(11)3-2-5-4-8(5,9)10;/h5-6H,2-4,11H2,1H3;1H/t5?,6-;/m0./s1. The molecule has 0 spiro atoms. The average molecular weight is 230 g/mol. The molecule has 0 aromatic heterocycles. The summed E-state index contributed by atoms with van der Waals surface area (Å²) in [4.78, 5) is 10.8. The molecule has 1 fully saturated rings. The maximum absolute atomic E-state index is 12.4. The van der Waals surface area contributed by atoms with E-state index in [0.717, 1.165) is 0 Å². The van der Waals surface area contributed by atoms with Gasteiger partial charge in [-0.2, -0.15) is 0 Å². The summed E-state index contributed by atoms with van der Waals surface area (Å²) in [6.07, 6.45) is 0.497.